The highest BCUT2D eigenvalue weighted by molar-refractivity contribution is 5.49. The summed E-state index contributed by atoms with van der Waals surface area (Å²) >= 11 is 0. The number of hydrogen-bond acceptors (Lipinski definition) is 4. The van der Waals surface area contributed by atoms with Gasteiger partial charge in [-0.25, -0.2) is 15.0 Å². The minimum Gasteiger partial charge on any atom is -0.325 e. The molecule has 0 saturated carbocycles. The van der Waals surface area contributed by atoms with Crippen molar-refractivity contribution in [1.29, 1.82) is 0 Å². The van der Waals surface area contributed by atoms with Crippen molar-refractivity contribution in [2.45, 2.75) is 53.1 Å². The average molecular weight is 324 g/mol. The summed E-state index contributed by atoms with van der Waals surface area (Å²) in [6.07, 6.45) is 5.63. The van der Waals surface area contributed by atoms with E-state index in [4.69, 9.17) is 0 Å². The first-order valence-corrected chi connectivity index (χ1v) is 8.33. The van der Waals surface area contributed by atoms with E-state index in [0.717, 1.165) is 29.6 Å². The van der Waals surface area contributed by atoms with Crippen molar-refractivity contribution in [1.82, 2.24) is 29.3 Å². The van der Waals surface area contributed by atoms with E-state index in [1.165, 1.54) is 5.69 Å². The SMILES string of the molecule is Cc1cc(C)n(C[C@@H](C)n2ccnc2-c2ccnc(C(C)C)n2)n1. The van der Waals surface area contributed by atoms with Crippen LogP contribution in [0, 0.1) is 13.8 Å². The summed E-state index contributed by atoms with van der Waals surface area (Å²) in [4.78, 5) is 13.5. The van der Waals surface area contributed by atoms with Crippen LogP contribution in [-0.2, 0) is 6.54 Å². The standard InChI is InChI=1S/C18H24N6/c1-12(2)17-19-7-6-16(21-17)18-20-8-9-23(18)15(5)11-24-14(4)10-13(3)22-24/h6-10,12,15H,11H2,1-5H3/t15-/m1/s1. The molecule has 0 amide bonds. The molecule has 0 N–H and O–H groups in total. The second-order valence-corrected chi connectivity index (χ2v) is 6.57. The third kappa shape index (κ3) is 3.22. The van der Waals surface area contributed by atoms with Crippen molar-refractivity contribution in [3.05, 3.63) is 47.9 Å². The molecule has 6 heteroatoms. The van der Waals surface area contributed by atoms with E-state index >= 15 is 0 Å². The van der Waals surface area contributed by atoms with Gasteiger partial charge in [0, 0.05) is 30.2 Å². The Morgan fingerprint density at radius 3 is 2.54 bits per heavy atom. The lowest BCUT2D eigenvalue weighted by Gasteiger charge is -2.17. The fraction of sp³-hybridized carbons (Fsp3) is 0.444. The highest BCUT2D eigenvalue weighted by Crippen LogP contribution is 2.22. The van der Waals surface area contributed by atoms with Gasteiger partial charge < -0.3 is 4.57 Å². The lowest BCUT2D eigenvalue weighted by atomic mass is 10.2. The Morgan fingerprint density at radius 1 is 1.08 bits per heavy atom. The maximum atomic E-state index is 4.67. The van der Waals surface area contributed by atoms with Crippen molar-refractivity contribution >= 4 is 0 Å². The quantitative estimate of drug-likeness (QED) is 0.720. The zero-order chi connectivity index (χ0) is 17.3. The van der Waals surface area contributed by atoms with Crippen LogP contribution in [0.4, 0.5) is 0 Å². The van der Waals surface area contributed by atoms with Gasteiger partial charge in [0.1, 0.15) is 11.5 Å². The Labute approximate surface area is 142 Å². The van der Waals surface area contributed by atoms with E-state index in [-0.39, 0.29) is 6.04 Å². The molecule has 1 atom stereocenters. The van der Waals surface area contributed by atoms with Gasteiger partial charge in [-0.1, -0.05) is 13.8 Å². The second kappa shape index (κ2) is 6.55. The van der Waals surface area contributed by atoms with E-state index in [1.807, 2.05) is 36.3 Å². The van der Waals surface area contributed by atoms with Crippen LogP contribution >= 0.6 is 0 Å². The topological polar surface area (TPSA) is 61.4 Å². The molecular weight excluding hydrogens is 300 g/mol. The van der Waals surface area contributed by atoms with Gasteiger partial charge in [0.2, 0.25) is 0 Å². The predicted molar refractivity (Wildman–Crippen MR) is 93.8 cm³/mol. The summed E-state index contributed by atoms with van der Waals surface area (Å²) in [5.74, 6) is 2.00. The van der Waals surface area contributed by atoms with Crippen molar-refractivity contribution in [3.63, 3.8) is 0 Å². The Hall–Kier alpha value is -2.50. The van der Waals surface area contributed by atoms with Crippen molar-refractivity contribution < 1.29 is 0 Å². The molecule has 6 nitrogen and oxygen atoms in total. The molecule has 0 spiro atoms. The molecule has 0 aliphatic rings. The van der Waals surface area contributed by atoms with E-state index < -0.39 is 0 Å². The molecule has 3 aromatic rings. The highest BCUT2D eigenvalue weighted by atomic mass is 15.3. The van der Waals surface area contributed by atoms with Crippen LogP contribution in [0.5, 0.6) is 0 Å². The maximum absolute atomic E-state index is 4.67. The summed E-state index contributed by atoms with van der Waals surface area (Å²) < 4.78 is 4.20. The third-order valence-corrected chi connectivity index (χ3v) is 4.10. The molecule has 0 aromatic carbocycles. The predicted octanol–water partition coefficient (Wildman–Crippen LogP) is 3.54. The molecule has 3 heterocycles. The number of aromatic nitrogens is 6. The van der Waals surface area contributed by atoms with E-state index in [2.05, 4.69) is 58.4 Å². The normalized spacial score (nSPS) is 12.8. The molecule has 0 saturated heterocycles. The van der Waals surface area contributed by atoms with Gasteiger partial charge in [-0.3, -0.25) is 4.68 Å². The number of aryl methyl sites for hydroxylation is 2. The lowest BCUT2D eigenvalue weighted by Crippen LogP contribution is -2.16. The maximum Gasteiger partial charge on any atom is 0.159 e. The van der Waals surface area contributed by atoms with E-state index in [1.54, 1.807) is 0 Å². The van der Waals surface area contributed by atoms with Gasteiger partial charge in [0.15, 0.2) is 5.82 Å². The van der Waals surface area contributed by atoms with Gasteiger partial charge in [-0.2, -0.15) is 5.10 Å². The molecule has 0 aliphatic carbocycles. The van der Waals surface area contributed by atoms with Gasteiger partial charge in [-0.15, -0.1) is 0 Å². The Balaban J connectivity index is 1.90. The Kier molecular flexibility index (Phi) is 4.46. The molecule has 3 aromatic heterocycles. The number of nitrogens with zero attached hydrogens (tertiary/aromatic N) is 6. The zero-order valence-corrected chi connectivity index (χ0v) is 14.9. The van der Waals surface area contributed by atoms with Crippen molar-refractivity contribution in [2.24, 2.45) is 0 Å². The smallest absolute Gasteiger partial charge is 0.159 e. The van der Waals surface area contributed by atoms with Crippen LogP contribution in [-0.4, -0.2) is 29.3 Å². The summed E-state index contributed by atoms with van der Waals surface area (Å²) in [6.45, 7) is 11.3. The van der Waals surface area contributed by atoms with Gasteiger partial charge in [0.25, 0.3) is 0 Å². The minimum atomic E-state index is 0.220. The largest absolute Gasteiger partial charge is 0.325 e. The lowest BCUT2D eigenvalue weighted by molar-refractivity contribution is 0.433. The van der Waals surface area contributed by atoms with Crippen molar-refractivity contribution in [2.75, 3.05) is 0 Å². The zero-order valence-electron chi connectivity index (χ0n) is 14.9. The number of imidazole rings is 1. The molecular formula is C18H24N6. The summed E-state index contributed by atoms with van der Waals surface area (Å²) in [5, 5.41) is 4.56. The monoisotopic (exact) mass is 324 g/mol. The van der Waals surface area contributed by atoms with Crippen molar-refractivity contribution in [3.8, 4) is 11.5 Å². The fourth-order valence-electron chi connectivity index (χ4n) is 2.84. The first kappa shape index (κ1) is 16.4. The Morgan fingerprint density at radius 2 is 1.88 bits per heavy atom. The van der Waals surface area contributed by atoms with Crippen LogP contribution in [0.3, 0.4) is 0 Å². The molecule has 24 heavy (non-hydrogen) atoms. The average Bonchev–Trinajstić information content (AvgIpc) is 3.14. The fourth-order valence-corrected chi connectivity index (χ4v) is 2.84. The second-order valence-electron chi connectivity index (χ2n) is 6.57. The summed E-state index contributed by atoms with van der Waals surface area (Å²) in [6, 6.07) is 4.24. The minimum absolute atomic E-state index is 0.220. The molecule has 0 radical (unpaired) electrons. The number of rotatable bonds is 5. The van der Waals surface area contributed by atoms with E-state index in [9.17, 15) is 0 Å². The van der Waals surface area contributed by atoms with Gasteiger partial charge in [-0.05, 0) is 32.9 Å². The Bertz CT molecular complexity index is 830. The summed E-state index contributed by atoms with van der Waals surface area (Å²) in [7, 11) is 0. The highest BCUT2D eigenvalue weighted by Gasteiger charge is 2.16. The van der Waals surface area contributed by atoms with Crippen LogP contribution < -0.4 is 0 Å². The van der Waals surface area contributed by atoms with Crippen LogP contribution in [0.1, 0.15) is 49.9 Å². The van der Waals surface area contributed by atoms with Crippen LogP contribution in [0.2, 0.25) is 0 Å². The molecule has 3 rings (SSSR count). The number of hydrogen-bond donors (Lipinski definition) is 0. The first-order chi connectivity index (χ1) is 11.5. The molecule has 0 aliphatic heterocycles. The van der Waals surface area contributed by atoms with Gasteiger partial charge in [0.05, 0.1) is 18.3 Å². The molecule has 0 unspecified atom stereocenters. The summed E-state index contributed by atoms with van der Waals surface area (Å²) in [5.41, 5.74) is 3.08. The van der Waals surface area contributed by atoms with Crippen LogP contribution in [0.25, 0.3) is 11.5 Å². The molecule has 0 fully saturated rings. The molecule has 126 valence electrons. The molecule has 0 bridgehead atoms. The van der Waals surface area contributed by atoms with Gasteiger partial charge >= 0.3 is 0 Å². The van der Waals surface area contributed by atoms with Crippen LogP contribution in [0.15, 0.2) is 30.7 Å². The third-order valence-electron chi connectivity index (χ3n) is 4.10. The van der Waals surface area contributed by atoms with E-state index in [0.29, 0.717) is 5.92 Å². The first-order valence-electron chi connectivity index (χ1n) is 8.33.